The van der Waals surface area contributed by atoms with Crippen LogP contribution in [0.4, 0.5) is 11.4 Å². The molecular weight excluding hydrogens is 278 g/mol. The van der Waals surface area contributed by atoms with Crippen molar-refractivity contribution in [2.75, 3.05) is 23.7 Å². The summed E-state index contributed by atoms with van der Waals surface area (Å²) in [5, 5.41) is 8.97. The van der Waals surface area contributed by atoms with Crippen LogP contribution in [-0.2, 0) is 16.0 Å². The molecule has 6 heteroatoms. The van der Waals surface area contributed by atoms with Crippen LogP contribution < -0.4 is 16.0 Å². The molecule has 20 heavy (non-hydrogen) atoms. The van der Waals surface area contributed by atoms with Gasteiger partial charge in [0, 0.05) is 24.3 Å². The van der Waals surface area contributed by atoms with Gasteiger partial charge in [0.1, 0.15) is 0 Å². The highest BCUT2D eigenvalue weighted by atomic mass is 35.5. The summed E-state index contributed by atoms with van der Waals surface area (Å²) >= 11 is 0. The number of aryl methyl sites for hydroxylation is 1. The molecule has 2 aliphatic heterocycles. The van der Waals surface area contributed by atoms with E-state index in [1.165, 1.54) is 0 Å². The van der Waals surface area contributed by atoms with Gasteiger partial charge < -0.3 is 16.0 Å². The maximum absolute atomic E-state index is 12.0. The Balaban J connectivity index is 0.00000147. The van der Waals surface area contributed by atoms with E-state index in [4.69, 9.17) is 0 Å². The molecule has 1 fully saturated rings. The Morgan fingerprint density at radius 1 is 1.30 bits per heavy atom. The Labute approximate surface area is 123 Å². The molecule has 2 heterocycles. The number of hydrogen-bond donors (Lipinski definition) is 3. The lowest BCUT2D eigenvalue weighted by Crippen LogP contribution is -2.25. The molecule has 1 aromatic carbocycles. The molecule has 0 bridgehead atoms. The fourth-order valence-electron chi connectivity index (χ4n) is 2.58. The highest BCUT2D eigenvalue weighted by Gasteiger charge is 2.22. The first kappa shape index (κ1) is 14.8. The zero-order valence-corrected chi connectivity index (χ0v) is 11.9. The number of nitrogens with one attached hydrogen (secondary N) is 3. The van der Waals surface area contributed by atoms with Crippen LogP contribution in [0.2, 0.25) is 0 Å². The second-order valence-electron chi connectivity index (χ2n) is 5.10. The van der Waals surface area contributed by atoms with E-state index >= 15 is 0 Å². The molecule has 0 aliphatic carbocycles. The third-order valence-electron chi connectivity index (χ3n) is 3.70. The first-order valence-electron chi connectivity index (χ1n) is 6.67. The standard InChI is InChI=1S/C14H17N3O2.ClH/c18-13-4-1-9-7-11(2-3-12(9)17-13)16-14(19)10-5-6-15-8-10;/h2-3,7,10,15H,1,4-6,8H2,(H,16,19)(H,17,18);1H. The zero-order chi connectivity index (χ0) is 13.2. The van der Waals surface area contributed by atoms with Crippen molar-refractivity contribution in [1.29, 1.82) is 0 Å². The second kappa shape index (κ2) is 6.24. The largest absolute Gasteiger partial charge is 0.326 e. The van der Waals surface area contributed by atoms with Crippen molar-refractivity contribution in [2.24, 2.45) is 5.92 Å². The van der Waals surface area contributed by atoms with Crippen molar-refractivity contribution in [2.45, 2.75) is 19.3 Å². The number of carbonyl (C=O) groups is 2. The van der Waals surface area contributed by atoms with E-state index in [-0.39, 0.29) is 30.1 Å². The van der Waals surface area contributed by atoms with E-state index in [0.29, 0.717) is 6.42 Å². The number of carbonyl (C=O) groups excluding carboxylic acids is 2. The second-order valence-corrected chi connectivity index (χ2v) is 5.10. The monoisotopic (exact) mass is 295 g/mol. The summed E-state index contributed by atoms with van der Waals surface area (Å²) in [7, 11) is 0. The summed E-state index contributed by atoms with van der Waals surface area (Å²) in [5.41, 5.74) is 2.76. The topological polar surface area (TPSA) is 70.2 Å². The van der Waals surface area contributed by atoms with Crippen LogP contribution in [0.1, 0.15) is 18.4 Å². The fourth-order valence-corrected chi connectivity index (χ4v) is 2.58. The highest BCUT2D eigenvalue weighted by Crippen LogP contribution is 2.26. The van der Waals surface area contributed by atoms with Crippen molar-refractivity contribution in [3.8, 4) is 0 Å². The lowest BCUT2D eigenvalue weighted by Gasteiger charge is -2.18. The van der Waals surface area contributed by atoms with E-state index < -0.39 is 0 Å². The van der Waals surface area contributed by atoms with Crippen molar-refractivity contribution in [3.63, 3.8) is 0 Å². The predicted molar refractivity (Wildman–Crippen MR) is 80.2 cm³/mol. The molecular formula is C14H18ClN3O2. The molecule has 1 aromatic rings. The van der Waals surface area contributed by atoms with Gasteiger partial charge >= 0.3 is 0 Å². The molecule has 0 radical (unpaired) electrons. The lowest BCUT2D eigenvalue weighted by atomic mass is 10.0. The van der Waals surface area contributed by atoms with Gasteiger partial charge in [-0.2, -0.15) is 0 Å². The number of hydrogen-bond acceptors (Lipinski definition) is 3. The van der Waals surface area contributed by atoms with Gasteiger partial charge in [-0.25, -0.2) is 0 Å². The molecule has 2 aliphatic rings. The van der Waals surface area contributed by atoms with Gasteiger partial charge in [0.05, 0.1) is 5.92 Å². The third-order valence-corrected chi connectivity index (χ3v) is 3.70. The van der Waals surface area contributed by atoms with Gasteiger partial charge in [-0.15, -0.1) is 12.4 Å². The van der Waals surface area contributed by atoms with Crippen LogP contribution in [-0.4, -0.2) is 24.9 Å². The zero-order valence-electron chi connectivity index (χ0n) is 11.1. The van der Waals surface area contributed by atoms with Gasteiger partial charge in [0.2, 0.25) is 11.8 Å². The summed E-state index contributed by atoms with van der Waals surface area (Å²) in [5.74, 6) is 0.196. The van der Waals surface area contributed by atoms with E-state index in [1.54, 1.807) is 0 Å². The Morgan fingerprint density at radius 2 is 2.15 bits per heavy atom. The van der Waals surface area contributed by atoms with E-state index in [1.807, 2.05) is 18.2 Å². The number of rotatable bonds is 2. The predicted octanol–water partition coefficient (Wildman–Crippen LogP) is 1.54. The normalized spacial score (nSPS) is 20.6. The summed E-state index contributed by atoms with van der Waals surface area (Å²) < 4.78 is 0. The van der Waals surface area contributed by atoms with Crippen molar-refractivity contribution >= 4 is 35.6 Å². The Morgan fingerprint density at radius 3 is 2.90 bits per heavy atom. The smallest absolute Gasteiger partial charge is 0.228 e. The van der Waals surface area contributed by atoms with Gasteiger partial charge in [0.25, 0.3) is 0 Å². The minimum Gasteiger partial charge on any atom is -0.326 e. The molecule has 3 rings (SSSR count). The molecule has 1 atom stereocenters. The van der Waals surface area contributed by atoms with Crippen molar-refractivity contribution in [1.82, 2.24) is 5.32 Å². The fraction of sp³-hybridized carbons (Fsp3) is 0.429. The number of anilines is 2. The van der Waals surface area contributed by atoms with Crippen LogP contribution in [0, 0.1) is 5.92 Å². The minimum atomic E-state index is 0. The van der Waals surface area contributed by atoms with Gasteiger partial charge in [-0.1, -0.05) is 0 Å². The Kier molecular flexibility index (Phi) is 4.62. The maximum Gasteiger partial charge on any atom is 0.228 e. The summed E-state index contributed by atoms with van der Waals surface area (Å²) in [6.07, 6.45) is 2.14. The van der Waals surface area contributed by atoms with Crippen molar-refractivity contribution in [3.05, 3.63) is 23.8 Å². The molecule has 0 aromatic heterocycles. The first-order valence-corrected chi connectivity index (χ1v) is 6.67. The van der Waals surface area contributed by atoms with E-state index in [2.05, 4.69) is 16.0 Å². The molecule has 3 N–H and O–H groups in total. The van der Waals surface area contributed by atoms with Gasteiger partial charge in [-0.3, -0.25) is 9.59 Å². The Bertz CT molecular complexity index is 527. The summed E-state index contributed by atoms with van der Waals surface area (Å²) in [6.45, 7) is 1.67. The Hall–Kier alpha value is -1.59. The van der Waals surface area contributed by atoms with Gasteiger partial charge in [-0.05, 0) is 43.1 Å². The molecule has 2 amide bonds. The number of amides is 2. The first-order chi connectivity index (χ1) is 9.22. The van der Waals surface area contributed by atoms with Crippen LogP contribution in [0.5, 0.6) is 0 Å². The van der Waals surface area contributed by atoms with Crippen molar-refractivity contribution < 1.29 is 9.59 Å². The lowest BCUT2D eigenvalue weighted by molar-refractivity contribution is -0.119. The maximum atomic E-state index is 12.0. The molecule has 0 spiro atoms. The third kappa shape index (κ3) is 3.11. The van der Waals surface area contributed by atoms with E-state index in [0.717, 1.165) is 42.9 Å². The summed E-state index contributed by atoms with van der Waals surface area (Å²) in [4.78, 5) is 23.3. The van der Waals surface area contributed by atoms with E-state index in [9.17, 15) is 9.59 Å². The molecule has 0 saturated carbocycles. The quantitative estimate of drug-likeness (QED) is 0.775. The van der Waals surface area contributed by atoms with Gasteiger partial charge in [0.15, 0.2) is 0 Å². The highest BCUT2D eigenvalue weighted by molar-refractivity contribution is 5.96. The number of halogens is 1. The average Bonchev–Trinajstić information content (AvgIpc) is 2.93. The van der Waals surface area contributed by atoms with Crippen LogP contribution in [0.25, 0.3) is 0 Å². The minimum absolute atomic E-state index is 0. The molecule has 1 unspecified atom stereocenters. The number of fused-ring (bicyclic) bond motifs is 1. The van der Waals surface area contributed by atoms with Crippen LogP contribution in [0.15, 0.2) is 18.2 Å². The average molecular weight is 296 g/mol. The number of benzene rings is 1. The molecule has 1 saturated heterocycles. The molecule has 108 valence electrons. The summed E-state index contributed by atoms with van der Waals surface area (Å²) in [6, 6.07) is 5.65. The SMILES string of the molecule is Cl.O=C1CCc2cc(NC(=O)C3CCNC3)ccc2N1. The molecule has 5 nitrogen and oxygen atoms in total. The van der Waals surface area contributed by atoms with Crippen LogP contribution >= 0.6 is 12.4 Å². The van der Waals surface area contributed by atoms with Crippen LogP contribution in [0.3, 0.4) is 0 Å².